The Hall–Kier alpha value is -3.30. The fourth-order valence-corrected chi connectivity index (χ4v) is 5.77. The van der Waals surface area contributed by atoms with Gasteiger partial charge in [-0.3, -0.25) is 9.59 Å². The minimum absolute atomic E-state index is 0.0520. The first-order chi connectivity index (χ1) is 16.6. The number of carbonyl (C=O) groups excluding carboxylic acids is 2. The van der Waals surface area contributed by atoms with Crippen LogP contribution in [0.25, 0.3) is 11.3 Å². The van der Waals surface area contributed by atoms with Crippen molar-refractivity contribution in [3.8, 4) is 11.3 Å². The summed E-state index contributed by atoms with van der Waals surface area (Å²) in [7, 11) is 0. The van der Waals surface area contributed by atoms with Gasteiger partial charge in [-0.1, -0.05) is 41.6 Å². The molecule has 0 saturated carbocycles. The molecule has 5 rings (SSSR count). The van der Waals surface area contributed by atoms with Crippen LogP contribution < -0.4 is 5.32 Å². The van der Waals surface area contributed by atoms with Crippen molar-refractivity contribution in [2.75, 3.05) is 13.1 Å². The maximum absolute atomic E-state index is 13.3. The molecule has 1 fully saturated rings. The van der Waals surface area contributed by atoms with Crippen LogP contribution in [0.2, 0.25) is 0 Å². The summed E-state index contributed by atoms with van der Waals surface area (Å²) in [4.78, 5) is 33.4. The van der Waals surface area contributed by atoms with Crippen LogP contribution in [0.1, 0.15) is 55.3 Å². The second-order valence-corrected chi connectivity index (χ2v) is 10.1. The number of hydrogen-bond donors (Lipinski definition) is 1. The Kier molecular flexibility index (Phi) is 6.55. The predicted octanol–water partition coefficient (Wildman–Crippen LogP) is 5.12. The maximum Gasteiger partial charge on any atom is 0.271 e. The van der Waals surface area contributed by atoms with Crippen LogP contribution in [0.15, 0.2) is 57.7 Å². The van der Waals surface area contributed by atoms with E-state index in [1.54, 1.807) is 18.3 Å². The average Bonchev–Trinajstić information content (AvgIpc) is 3.64. The third-order valence-electron chi connectivity index (χ3n) is 6.01. The van der Waals surface area contributed by atoms with Crippen molar-refractivity contribution in [2.45, 2.75) is 32.2 Å². The molecule has 3 aromatic heterocycles. The summed E-state index contributed by atoms with van der Waals surface area (Å²) in [5.74, 6) is 0.567. The van der Waals surface area contributed by atoms with Gasteiger partial charge in [0, 0.05) is 34.8 Å². The molecule has 0 unspecified atom stereocenters. The van der Waals surface area contributed by atoms with Crippen LogP contribution in [-0.2, 0) is 6.54 Å². The summed E-state index contributed by atoms with van der Waals surface area (Å²) < 4.78 is 5.38. The molecule has 7 nitrogen and oxygen atoms in total. The first kappa shape index (κ1) is 22.5. The van der Waals surface area contributed by atoms with E-state index in [2.05, 4.69) is 15.5 Å². The van der Waals surface area contributed by atoms with Crippen LogP contribution in [0.5, 0.6) is 0 Å². The van der Waals surface area contributed by atoms with Gasteiger partial charge >= 0.3 is 0 Å². The minimum Gasteiger partial charge on any atom is -0.360 e. The Bertz CT molecular complexity index is 1270. The molecule has 174 valence electrons. The summed E-state index contributed by atoms with van der Waals surface area (Å²) in [5, 5.41) is 11.8. The number of aromatic nitrogens is 2. The van der Waals surface area contributed by atoms with Crippen molar-refractivity contribution in [1.82, 2.24) is 20.4 Å². The van der Waals surface area contributed by atoms with Crippen LogP contribution in [0, 0.1) is 6.92 Å². The number of thiophene rings is 1. The number of rotatable bonds is 6. The quantitative estimate of drug-likeness (QED) is 0.404. The molecule has 1 N–H and O–H groups in total. The van der Waals surface area contributed by atoms with E-state index < -0.39 is 0 Å². The third kappa shape index (κ3) is 4.67. The van der Waals surface area contributed by atoms with E-state index in [0.717, 1.165) is 28.3 Å². The molecule has 0 aliphatic carbocycles. The molecule has 0 atom stereocenters. The van der Waals surface area contributed by atoms with Crippen molar-refractivity contribution >= 4 is 34.5 Å². The van der Waals surface area contributed by atoms with E-state index >= 15 is 0 Å². The molecule has 0 spiro atoms. The molecule has 2 amide bonds. The van der Waals surface area contributed by atoms with Crippen molar-refractivity contribution in [3.05, 3.63) is 80.1 Å². The molecule has 4 heterocycles. The Morgan fingerprint density at radius 3 is 2.65 bits per heavy atom. The van der Waals surface area contributed by atoms with Crippen LogP contribution in [-0.4, -0.2) is 39.9 Å². The van der Waals surface area contributed by atoms with Gasteiger partial charge in [0.2, 0.25) is 0 Å². The Morgan fingerprint density at radius 2 is 1.91 bits per heavy atom. The first-order valence-corrected chi connectivity index (χ1v) is 12.9. The number of benzene rings is 1. The molecule has 4 aromatic rings. The van der Waals surface area contributed by atoms with Gasteiger partial charge in [0.25, 0.3) is 11.8 Å². The molecule has 34 heavy (non-hydrogen) atoms. The number of thiazole rings is 1. The number of nitrogens with zero attached hydrogens (tertiary/aromatic N) is 3. The minimum atomic E-state index is -0.153. The van der Waals surface area contributed by atoms with Gasteiger partial charge in [0.1, 0.15) is 22.7 Å². The highest BCUT2D eigenvalue weighted by molar-refractivity contribution is 7.10. The fraction of sp³-hybridized carbons (Fsp3) is 0.280. The zero-order valence-corrected chi connectivity index (χ0v) is 20.3. The van der Waals surface area contributed by atoms with Gasteiger partial charge in [-0.2, -0.15) is 0 Å². The number of nitrogens with one attached hydrogen (secondary N) is 1. The predicted molar refractivity (Wildman–Crippen MR) is 132 cm³/mol. The second-order valence-electron chi connectivity index (χ2n) is 8.23. The highest BCUT2D eigenvalue weighted by Gasteiger charge is 2.30. The zero-order valence-electron chi connectivity index (χ0n) is 18.7. The number of carbonyl (C=O) groups is 2. The van der Waals surface area contributed by atoms with E-state index in [1.165, 1.54) is 11.3 Å². The van der Waals surface area contributed by atoms with Crippen LogP contribution >= 0.6 is 22.7 Å². The van der Waals surface area contributed by atoms with E-state index in [4.69, 9.17) is 4.52 Å². The van der Waals surface area contributed by atoms with Gasteiger partial charge in [-0.15, -0.1) is 22.7 Å². The van der Waals surface area contributed by atoms with Crippen LogP contribution in [0.3, 0.4) is 0 Å². The summed E-state index contributed by atoms with van der Waals surface area (Å²) >= 11 is 3.13. The monoisotopic (exact) mass is 492 g/mol. The largest absolute Gasteiger partial charge is 0.360 e. The number of hydrogen-bond acceptors (Lipinski definition) is 7. The first-order valence-electron chi connectivity index (χ1n) is 11.2. The summed E-state index contributed by atoms with van der Waals surface area (Å²) in [6.07, 6.45) is 1.61. The topological polar surface area (TPSA) is 88.3 Å². The van der Waals surface area contributed by atoms with E-state index in [-0.39, 0.29) is 17.7 Å². The Labute approximate surface area is 205 Å². The molecular formula is C25H24N4O3S2. The summed E-state index contributed by atoms with van der Waals surface area (Å²) in [6.45, 7) is 3.54. The van der Waals surface area contributed by atoms with E-state index in [9.17, 15) is 9.59 Å². The molecule has 1 aliphatic heterocycles. The number of amides is 2. The lowest BCUT2D eigenvalue weighted by molar-refractivity contribution is 0.0711. The molecule has 1 aliphatic rings. The van der Waals surface area contributed by atoms with Crippen molar-refractivity contribution < 1.29 is 14.1 Å². The lowest BCUT2D eigenvalue weighted by Gasteiger charge is -2.31. The van der Waals surface area contributed by atoms with E-state index in [0.29, 0.717) is 42.3 Å². The van der Waals surface area contributed by atoms with Gasteiger partial charge in [0.15, 0.2) is 0 Å². The number of likely N-dealkylation sites (tertiary alicyclic amines) is 1. The van der Waals surface area contributed by atoms with Crippen LogP contribution in [0.4, 0.5) is 0 Å². The van der Waals surface area contributed by atoms with Crippen molar-refractivity contribution in [1.29, 1.82) is 0 Å². The normalized spacial score (nSPS) is 14.3. The standard InChI is InChI=1S/C25H24N4O3S2/c1-16-21(22(28-32-16)17-6-3-2-4-7-17)25(31)29-11-9-18(10-12-29)24-27-20(15-34-24)23(30)26-14-19-8-5-13-33-19/h2-8,13,15,18H,9-12,14H2,1H3,(H,26,30). The van der Waals surface area contributed by atoms with Gasteiger partial charge in [-0.25, -0.2) is 4.98 Å². The van der Waals surface area contributed by atoms with Gasteiger partial charge < -0.3 is 14.7 Å². The van der Waals surface area contributed by atoms with Gasteiger partial charge in [-0.05, 0) is 31.2 Å². The lowest BCUT2D eigenvalue weighted by atomic mass is 9.96. The van der Waals surface area contributed by atoms with Crippen molar-refractivity contribution in [3.63, 3.8) is 0 Å². The Morgan fingerprint density at radius 1 is 1.12 bits per heavy atom. The fourth-order valence-electron chi connectivity index (χ4n) is 4.16. The van der Waals surface area contributed by atoms with Gasteiger partial charge in [0.05, 0.1) is 11.6 Å². The summed E-state index contributed by atoms with van der Waals surface area (Å²) in [6, 6.07) is 13.6. The lowest BCUT2D eigenvalue weighted by Crippen LogP contribution is -2.38. The SMILES string of the molecule is Cc1onc(-c2ccccc2)c1C(=O)N1CCC(c2nc(C(=O)NCc3cccs3)cs2)CC1. The maximum atomic E-state index is 13.3. The number of aryl methyl sites for hydroxylation is 1. The molecule has 0 bridgehead atoms. The molecule has 0 radical (unpaired) electrons. The molecular weight excluding hydrogens is 468 g/mol. The third-order valence-corrected chi connectivity index (χ3v) is 7.90. The second kappa shape index (κ2) is 9.90. The summed E-state index contributed by atoms with van der Waals surface area (Å²) in [5.41, 5.74) is 2.44. The molecule has 1 aromatic carbocycles. The highest BCUT2D eigenvalue weighted by Crippen LogP contribution is 2.32. The average molecular weight is 493 g/mol. The van der Waals surface area contributed by atoms with Crippen molar-refractivity contribution in [2.24, 2.45) is 0 Å². The van der Waals surface area contributed by atoms with E-state index in [1.807, 2.05) is 58.1 Å². The Balaban J connectivity index is 1.21. The smallest absolute Gasteiger partial charge is 0.271 e. The number of piperidine rings is 1. The molecule has 1 saturated heterocycles. The molecule has 9 heteroatoms. The zero-order chi connectivity index (χ0) is 23.5. The highest BCUT2D eigenvalue weighted by atomic mass is 32.1.